The maximum absolute atomic E-state index is 6.26. The fourth-order valence-electron chi connectivity index (χ4n) is 1.98. The van der Waals surface area contributed by atoms with Crippen molar-refractivity contribution in [2.75, 3.05) is 0 Å². The molecule has 2 aromatic rings. The monoisotopic (exact) mass is 283 g/mol. The lowest BCUT2D eigenvalue weighted by atomic mass is 10.0. The molecule has 0 fully saturated rings. The molecule has 1 heterocycles. The summed E-state index contributed by atoms with van der Waals surface area (Å²) in [5, 5.41) is 9.09. The Bertz CT molecular complexity index is 541. The molecule has 0 amide bonds. The van der Waals surface area contributed by atoms with Crippen LogP contribution in [-0.4, -0.2) is 15.0 Å². The van der Waals surface area contributed by atoms with Crippen LogP contribution >= 0.6 is 23.2 Å². The first-order chi connectivity index (χ1) is 8.56. The summed E-state index contributed by atoms with van der Waals surface area (Å²) in [4.78, 5) is 0. The van der Waals surface area contributed by atoms with E-state index in [1.165, 1.54) is 0 Å². The van der Waals surface area contributed by atoms with Crippen molar-refractivity contribution >= 4 is 23.2 Å². The molecule has 0 aliphatic heterocycles. The van der Waals surface area contributed by atoms with Crippen molar-refractivity contribution in [1.29, 1.82) is 0 Å². The minimum absolute atomic E-state index is 0.225. The van der Waals surface area contributed by atoms with Crippen molar-refractivity contribution in [1.82, 2.24) is 15.0 Å². The average Bonchev–Trinajstić information content (AvgIpc) is 2.72. The first-order valence-electron chi connectivity index (χ1n) is 5.81. The van der Waals surface area contributed by atoms with E-state index in [4.69, 9.17) is 23.2 Å². The summed E-state index contributed by atoms with van der Waals surface area (Å²) in [6.45, 7) is 6.11. The second-order valence-electron chi connectivity index (χ2n) is 4.49. The van der Waals surface area contributed by atoms with E-state index in [1.807, 2.05) is 43.7 Å². The summed E-state index contributed by atoms with van der Waals surface area (Å²) in [6, 6.07) is 6.01. The standard InChI is InChI=1S/C13H15Cl2N3/c1-8(2)18-11(7-14)13(16-17-18)12-9(3)5-4-6-10(12)15/h4-6,8H,7H2,1-3H3. The van der Waals surface area contributed by atoms with Gasteiger partial charge in [-0.2, -0.15) is 0 Å². The zero-order valence-corrected chi connectivity index (χ0v) is 12.1. The van der Waals surface area contributed by atoms with E-state index in [0.29, 0.717) is 10.9 Å². The number of hydrogen-bond donors (Lipinski definition) is 0. The van der Waals surface area contributed by atoms with Crippen molar-refractivity contribution in [2.24, 2.45) is 0 Å². The Labute approximate surface area is 117 Å². The molecule has 1 aromatic carbocycles. The third-order valence-electron chi connectivity index (χ3n) is 2.87. The topological polar surface area (TPSA) is 30.7 Å². The van der Waals surface area contributed by atoms with Crippen LogP contribution in [-0.2, 0) is 5.88 Å². The van der Waals surface area contributed by atoms with Gasteiger partial charge in [0.25, 0.3) is 0 Å². The smallest absolute Gasteiger partial charge is 0.119 e. The number of rotatable bonds is 3. The number of benzene rings is 1. The molecule has 0 atom stereocenters. The minimum Gasteiger partial charge on any atom is -0.245 e. The highest BCUT2D eigenvalue weighted by Gasteiger charge is 2.19. The van der Waals surface area contributed by atoms with Crippen LogP contribution in [0.3, 0.4) is 0 Å². The Morgan fingerprint density at radius 2 is 2.06 bits per heavy atom. The molecule has 0 aliphatic rings. The molecule has 1 aromatic heterocycles. The van der Waals surface area contributed by atoms with Crippen LogP contribution < -0.4 is 0 Å². The fraction of sp³-hybridized carbons (Fsp3) is 0.385. The molecule has 0 N–H and O–H groups in total. The maximum Gasteiger partial charge on any atom is 0.119 e. The fourth-order valence-corrected chi connectivity index (χ4v) is 2.54. The van der Waals surface area contributed by atoms with Gasteiger partial charge in [-0.15, -0.1) is 16.7 Å². The Hall–Kier alpha value is -1.06. The molecule has 0 bridgehead atoms. The second-order valence-corrected chi connectivity index (χ2v) is 5.16. The zero-order chi connectivity index (χ0) is 13.3. The molecule has 0 radical (unpaired) electrons. The summed E-state index contributed by atoms with van der Waals surface area (Å²) in [6.07, 6.45) is 0. The van der Waals surface area contributed by atoms with Gasteiger partial charge in [-0.25, -0.2) is 4.68 Å². The van der Waals surface area contributed by atoms with E-state index < -0.39 is 0 Å². The molecule has 0 aliphatic carbocycles. The number of aromatic nitrogens is 3. The number of aryl methyl sites for hydroxylation is 1. The first-order valence-corrected chi connectivity index (χ1v) is 6.73. The highest BCUT2D eigenvalue weighted by molar-refractivity contribution is 6.33. The van der Waals surface area contributed by atoms with Crippen molar-refractivity contribution in [3.63, 3.8) is 0 Å². The Balaban J connectivity index is 2.65. The SMILES string of the molecule is Cc1cccc(Cl)c1-c1nnn(C(C)C)c1CCl. The van der Waals surface area contributed by atoms with Gasteiger partial charge in [-0.3, -0.25) is 0 Å². The van der Waals surface area contributed by atoms with Crippen molar-refractivity contribution in [3.8, 4) is 11.3 Å². The third-order valence-corrected chi connectivity index (χ3v) is 3.43. The van der Waals surface area contributed by atoms with Crippen LogP contribution in [0.5, 0.6) is 0 Å². The normalized spacial score (nSPS) is 11.2. The zero-order valence-electron chi connectivity index (χ0n) is 10.6. The van der Waals surface area contributed by atoms with Gasteiger partial charge in [-0.05, 0) is 32.4 Å². The minimum atomic E-state index is 0.225. The lowest BCUT2D eigenvalue weighted by Gasteiger charge is -2.10. The van der Waals surface area contributed by atoms with Gasteiger partial charge in [-0.1, -0.05) is 28.9 Å². The lowest BCUT2D eigenvalue weighted by Crippen LogP contribution is -2.06. The summed E-state index contributed by atoms with van der Waals surface area (Å²) >= 11 is 12.3. The number of hydrogen-bond acceptors (Lipinski definition) is 2. The Morgan fingerprint density at radius 1 is 1.33 bits per heavy atom. The first kappa shape index (κ1) is 13.4. The molecule has 0 saturated heterocycles. The van der Waals surface area contributed by atoms with E-state index in [9.17, 15) is 0 Å². The molecule has 0 unspecified atom stereocenters. The van der Waals surface area contributed by atoms with Gasteiger partial charge in [0.2, 0.25) is 0 Å². The van der Waals surface area contributed by atoms with E-state index >= 15 is 0 Å². The summed E-state index contributed by atoms with van der Waals surface area (Å²) in [5.41, 5.74) is 3.68. The van der Waals surface area contributed by atoms with Crippen molar-refractivity contribution < 1.29 is 0 Å². The lowest BCUT2D eigenvalue weighted by molar-refractivity contribution is 0.501. The van der Waals surface area contributed by atoms with Gasteiger partial charge in [0.05, 0.1) is 16.6 Å². The second kappa shape index (κ2) is 5.29. The predicted octanol–water partition coefficient (Wildman–Crippen LogP) is 4.23. The van der Waals surface area contributed by atoms with Gasteiger partial charge in [0, 0.05) is 11.6 Å². The largest absolute Gasteiger partial charge is 0.245 e. The van der Waals surface area contributed by atoms with Gasteiger partial charge >= 0.3 is 0 Å². The van der Waals surface area contributed by atoms with Crippen LogP contribution in [0.15, 0.2) is 18.2 Å². The van der Waals surface area contributed by atoms with Crippen LogP contribution in [0.2, 0.25) is 5.02 Å². The molecule has 3 nitrogen and oxygen atoms in total. The molecule has 18 heavy (non-hydrogen) atoms. The molecule has 0 saturated carbocycles. The predicted molar refractivity (Wildman–Crippen MR) is 75.1 cm³/mol. The van der Waals surface area contributed by atoms with Crippen LogP contribution in [0.1, 0.15) is 31.1 Å². The molecule has 0 spiro atoms. The van der Waals surface area contributed by atoms with Gasteiger partial charge < -0.3 is 0 Å². The Morgan fingerprint density at radius 3 is 2.61 bits per heavy atom. The highest BCUT2D eigenvalue weighted by Crippen LogP contribution is 2.33. The molecule has 96 valence electrons. The number of halogens is 2. The van der Waals surface area contributed by atoms with Crippen molar-refractivity contribution in [2.45, 2.75) is 32.7 Å². The van der Waals surface area contributed by atoms with E-state index in [1.54, 1.807) is 0 Å². The number of alkyl halides is 1. The van der Waals surface area contributed by atoms with E-state index in [2.05, 4.69) is 10.3 Å². The van der Waals surface area contributed by atoms with Gasteiger partial charge in [0.1, 0.15) is 5.69 Å². The van der Waals surface area contributed by atoms with E-state index in [-0.39, 0.29) is 6.04 Å². The molecule has 5 heteroatoms. The highest BCUT2D eigenvalue weighted by atomic mass is 35.5. The maximum atomic E-state index is 6.26. The molecular formula is C13H15Cl2N3. The van der Waals surface area contributed by atoms with Crippen molar-refractivity contribution in [3.05, 3.63) is 34.5 Å². The summed E-state index contributed by atoms with van der Waals surface area (Å²) in [7, 11) is 0. The van der Waals surface area contributed by atoms with Gasteiger partial charge in [0.15, 0.2) is 0 Å². The van der Waals surface area contributed by atoms with E-state index in [0.717, 1.165) is 22.5 Å². The summed E-state index contributed by atoms with van der Waals surface area (Å²) in [5.74, 6) is 0.366. The Kier molecular flexibility index (Phi) is 3.93. The van der Waals surface area contributed by atoms with Crippen LogP contribution in [0, 0.1) is 6.92 Å². The number of nitrogens with zero attached hydrogens (tertiary/aromatic N) is 3. The summed E-state index contributed by atoms with van der Waals surface area (Å²) < 4.78 is 1.84. The third kappa shape index (κ3) is 2.25. The van der Waals surface area contributed by atoms with Crippen LogP contribution in [0.25, 0.3) is 11.3 Å². The molecular weight excluding hydrogens is 269 g/mol. The quantitative estimate of drug-likeness (QED) is 0.790. The average molecular weight is 284 g/mol. The van der Waals surface area contributed by atoms with Crippen LogP contribution in [0.4, 0.5) is 0 Å². The molecule has 2 rings (SSSR count).